The van der Waals surface area contributed by atoms with E-state index < -0.39 is 17.2 Å². The molecule has 0 atom stereocenters. The molecule has 0 saturated heterocycles. The summed E-state index contributed by atoms with van der Waals surface area (Å²) in [5, 5.41) is 0. The predicted molar refractivity (Wildman–Crippen MR) is 57.9 cm³/mol. The first-order valence-corrected chi connectivity index (χ1v) is 5.07. The summed E-state index contributed by atoms with van der Waals surface area (Å²) in [6.45, 7) is 0. The Labute approximate surface area is 97.3 Å². The lowest BCUT2D eigenvalue weighted by molar-refractivity contribution is 0.584. The molecule has 0 bridgehead atoms. The lowest BCUT2D eigenvalue weighted by Crippen LogP contribution is -2.09. The standard InChI is InChI=1S/C10H5BrF2N2O/c11-8-4-14-9(15-10(8)16)5-1-6(12)3-7(13)2-5/h1-4H,(H,14,15,16). The van der Waals surface area contributed by atoms with Crippen molar-refractivity contribution in [3.63, 3.8) is 0 Å². The number of aromatic nitrogens is 2. The molecule has 2 rings (SSSR count). The number of aromatic amines is 1. The van der Waals surface area contributed by atoms with Crippen molar-refractivity contribution in [3.8, 4) is 11.4 Å². The minimum absolute atomic E-state index is 0.117. The third-order valence-electron chi connectivity index (χ3n) is 1.89. The highest BCUT2D eigenvalue weighted by Gasteiger charge is 2.06. The summed E-state index contributed by atoms with van der Waals surface area (Å²) in [6, 6.07) is 2.94. The molecule has 0 aliphatic rings. The van der Waals surface area contributed by atoms with Gasteiger partial charge in [0.15, 0.2) is 0 Å². The molecule has 16 heavy (non-hydrogen) atoms. The zero-order valence-electron chi connectivity index (χ0n) is 7.80. The molecule has 0 fully saturated rings. The molecule has 1 aromatic heterocycles. The Morgan fingerprint density at radius 2 is 1.81 bits per heavy atom. The van der Waals surface area contributed by atoms with E-state index in [0.717, 1.165) is 18.2 Å². The van der Waals surface area contributed by atoms with Gasteiger partial charge in [0.2, 0.25) is 0 Å². The Bertz CT molecular complexity index is 577. The maximum absolute atomic E-state index is 12.9. The highest BCUT2D eigenvalue weighted by atomic mass is 79.9. The van der Waals surface area contributed by atoms with Crippen LogP contribution in [0.25, 0.3) is 11.4 Å². The van der Waals surface area contributed by atoms with Crippen molar-refractivity contribution in [2.45, 2.75) is 0 Å². The van der Waals surface area contributed by atoms with Crippen molar-refractivity contribution in [2.24, 2.45) is 0 Å². The van der Waals surface area contributed by atoms with E-state index in [1.807, 2.05) is 0 Å². The second-order valence-corrected chi connectivity index (χ2v) is 3.92. The first-order chi connectivity index (χ1) is 7.56. The van der Waals surface area contributed by atoms with Gasteiger partial charge in [-0.15, -0.1) is 0 Å². The van der Waals surface area contributed by atoms with Crippen LogP contribution in [0.2, 0.25) is 0 Å². The molecular formula is C10H5BrF2N2O. The molecule has 1 N–H and O–H groups in total. The molecule has 0 aliphatic heterocycles. The summed E-state index contributed by atoms with van der Waals surface area (Å²) in [5.41, 5.74) is -0.225. The van der Waals surface area contributed by atoms with Crippen molar-refractivity contribution in [3.05, 3.63) is 50.9 Å². The molecule has 3 nitrogen and oxygen atoms in total. The van der Waals surface area contributed by atoms with Crippen molar-refractivity contribution in [2.75, 3.05) is 0 Å². The van der Waals surface area contributed by atoms with Gasteiger partial charge in [-0.25, -0.2) is 13.8 Å². The van der Waals surface area contributed by atoms with Gasteiger partial charge < -0.3 is 4.98 Å². The summed E-state index contributed by atoms with van der Waals surface area (Å²) >= 11 is 2.98. The Hall–Kier alpha value is -1.56. The third kappa shape index (κ3) is 2.16. The van der Waals surface area contributed by atoms with E-state index in [1.165, 1.54) is 6.20 Å². The minimum atomic E-state index is -0.722. The summed E-state index contributed by atoms with van der Waals surface area (Å²) in [4.78, 5) is 17.5. The highest BCUT2D eigenvalue weighted by Crippen LogP contribution is 2.17. The average Bonchev–Trinajstić information content (AvgIpc) is 2.20. The van der Waals surface area contributed by atoms with Crippen LogP contribution in [0.15, 0.2) is 33.7 Å². The molecule has 82 valence electrons. The highest BCUT2D eigenvalue weighted by molar-refractivity contribution is 9.10. The fraction of sp³-hybridized carbons (Fsp3) is 0. The van der Waals surface area contributed by atoms with E-state index in [4.69, 9.17) is 0 Å². The van der Waals surface area contributed by atoms with Crippen LogP contribution in [0.4, 0.5) is 8.78 Å². The summed E-state index contributed by atoms with van der Waals surface area (Å²) < 4.78 is 26.1. The van der Waals surface area contributed by atoms with Crippen LogP contribution in [0.3, 0.4) is 0 Å². The van der Waals surface area contributed by atoms with Crippen molar-refractivity contribution < 1.29 is 8.78 Å². The number of hydrogen-bond donors (Lipinski definition) is 1. The number of hydrogen-bond acceptors (Lipinski definition) is 2. The number of nitrogens with zero attached hydrogens (tertiary/aromatic N) is 1. The Balaban J connectivity index is 2.58. The van der Waals surface area contributed by atoms with Crippen LogP contribution in [-0.4, -0.2) is 9.97 Å². The molecule has 0 unspecified atom stereocenters. The maximum atomic E-state index is 12.9. The monoisotopic (exact) mass is 286 g/mol. The van der Waals surface area contributed by atoms with Crippen LogP contribution in [0.1, 0.15) is 0 Å². The second-order valence-electron chi connectivity index (χ2n) is 3.07. The van der Waals surface area contributed by atoms with Crippen LogP contribution in [0, 0.1) is 11.6 Å². The predicted octanol–water partition coefficient (Wildman–Crippen LogP) is 2.48. The zero-order valence-corrected chi connectivity index (χ0v) is 9.38. The Kier molecular flexibility index (Phi) is 2.82. The zero-order chi connectivity index (χ0) is 11.7. The first-order valence-electron chi connectivity index (χ1n) is 4.27. The van der Waals surface area contributed by atoms with Crippen LogP contribution < -0.4 is 5.56 Å². The molecule has 0 spiro atoms. The second kappa shape index (κ2) is 4.13. The Morgan fingerprint density at radius 1 is 1.19 bits per heavy atom. The average molecular weight is 287 g/mol. The van der Waals surface area contributed by atoms with E-state index in [1.54, 1.807) is 0 Å². The van der Waals surface area contributed by atoms with Gasteiger partial charge in [0.05, 0.1) is 0 Å². The Morgan fingerprint density at radius 3 is 2.38 bits per heavy atom. The third-order valence-corrected chi connectivity index (χ3v) is 2.46. The smallest absolute Gasteiger partial charge is 0.265 e. The van der Waals surface area contributed by atoms with Crippen molar-refractivity contribution >= 4 is 15.9 Å². The van der Waals surface area contributed by atoms with Crippen LogP contribution in [0.5, 0.6) is 0 Å². The normalized spacial score (nSPS) is 10.4. The van der Waals surface area contributed by atoms with E-state index >= 15 is 0 Å². The van der Waals surface area contributed by atoms with Crippen LogP contribution in [-0.2, 0) is 0 Å². The van der Waals surface area contributed by atoms with Gasteiger partial charge in [-0.05, 0) is 28.1 Å². The minimum Gasteiger partial charge on any atom is -0.306 e. The van der Waals surface area contributed by atoms with Gasteiger partial charge in [0.25, 0.3) is 5.56 Å². The van der Waals surface area contributed by atoms with Crippen molar-refractivity contribution in [1.82, 2.24) is 9.97 Å². The summed E-state index contributed by atoms with van der Waals surface area (Å²) in [6.07, 6.45) is 1.27. The maximum Gasteiger partial charge on any atom is 0.265 e. The van der Waals surface area contributed by atoms with E-state index in [2.05, 4.69) is 25.9 Å². The molecule has 0 aliphatic carbocycles. The molecule has 1 heterocycles. The molecule has 0 radical (unpaired) electrons. The molecule has 0 amide bonds. The lowest BCUT2D eigenvalue weighted by Gasteiger charge is -2.01. The lowest BCUT2D eigenvalue weighted by atomic mass is 10.2. The number of halogens is 3. The van der Waals surface area contributed by atoms with E-state index in [-0.39, 0.29) is 15.9 Å². The SMILES string of the molecule is O=c1[nH]c(-c2cc(F)cc(F)c2)ncc1Br. The van der Waals surface area contributed by atoms with Gasteiger partial charge >= 0.3 is 0 Å². The van der Waals surface area contributed by atoms with Gasteiger partial charge in [-0.3, -0.25) is 4.79 Å². The van der Waals surface area contributed by atoms with Crippen molar-refractivity contribution in [1.29, 1.82) is 0 Å². The fourth-order valence-electron chi connectivity index (χ4n) is 1.22. The van der Waals surface area contributed by atoms with E-state index in [9.17, 15) is 13.6 Å². The van der Waals surface area contributed by atoms with Gasteiger partial charge in [-0.1, -0.05) is 0 Å². The van der Waals surface area contributed by atoms with Gasteiger partial charge in [0, 0.05) is 17.8 Å². The quantitative estimate of drug-likeness (QED) is 0.875. The molecule has 2 aromatic rings. The summed E-state index contributed by atoms with van der Waals surface area (Å²) in [7, 11) is 0. The molecule has 6 heteroatoms. The largest absolute Gasteiger partial charge is 0.306 e. The molecule has 0 saturated carbocycles. The van der Waals surface area contributed by atoms with Gasteiger partial charge in [-0.2, -0.15) is 0 Å². The van der Waals surface area contributed by atoms with E-state index in [0.29, 0.717) is 0 Å². The molecule has 1 aromatic carbocycles. The first kappa shape index (κ1) is 10.9. The number of benzene rings is 1. The fourth-order valence-corrected chi connectivity index (χ4v) is 1.42. The topological polar surface area (TPSA) is 45.8 Å². The number of H-pyrrole nitrogens is 1. The van der Waals surface area contributed by atoms with Crippen LogP contribution >= 0.6 is 15.9 Å². The summed E-state index contributed by atoms with van der Waals surface area (Å²) in [5.74, 6) is -1.33. The molecular weight excluding hydrogens is 282 g/mol. The number of nitrogens with one attached hydrogen (secondary N) is 1. The van der Waals surface area contributed by atoms with Gasteiger partial charge in [0.1, 0.15) is 21.9 Å². The number of rotatable bonds is 1.